The molecule has 1 aromatic carbocycles. The van der Waals surface area contributed by atoms with E-state index in [0.29, 0.717) is 24.2 Å². The zero-order chi connectivity index (χ0) is 26.6. The van der Waals surface area contributed by atoms with Crippen molar-refractivity contribution < 1.29 is 19.4 Å². The second-order valence-electron chi connectivity index (χ2n) is 9.74. The van der Waals surface area contributed by atoms with Crippen LogP contribution in [0.2, 0.25) is 0 Å². The zero-order valence-electron chi connectivity index (χ0n) is 20.9. The van der Waals surface area contributed by atoms with E-state index in [0.717, 1.165) is 6.42 Å². The van der Waals surface area contributed by atoms with Gasteiger partial charge in [0.25, 0.3) is 5.91 Å². The first-order valence-electron chi connectivity index (χ1n) is 11.9. The van der Waals surface area contributed by atoms with E-state index < -0.39 is 29.7 Å². The fourth-order valence-corrected chi connectivity index (χ4v) is 4.06. The molecule has 2 amide bonds. The Morgan fingerprint density at radius 2 is 1.95 bits per heavy atom. The van der Waals surface area contributed by atoms with Gasteiger partial charge >= 0.3 is 6.09 Å². The van der Waals surface area contributed by atoms with Crippen LogP contribution in [0.3, 0.4) is 0 Å². The highest BCUT2D eigenvalue weighted by atomic mass is 16.6. The van der Waals surface area contributed by atoms with Crippen molar-refractivity contribution >= 4 is 29.5 Å². The number of amides is 2. The van der Waals surface area contributed by atoms with Gasteiger partial charge in [0, 0.05) is 11.9 Å². The number of primary amides is 1. The minimum absolute atomic E-state index is 0.0975. The molecule has 3 aromatic rings. The number of aromatic nitrogens is 5. The highest BCUT2D eigenvalue weighted by Gasteiger charge is 2.35. The Kier molecular flexibility index (Phi) is 7.53. The number of aliphatic hydroxyl groups is 1. The lowest BCUT2D eigenvalue weighted by molar-refractivity contribution is 0.0342. The van der Waals surface area contributed by atoms with Gasteiger partial charge in [-0.05, 0) is 58.2 Å². The molecule has 4 rings (SSSR count). The molecule has 1 saturated carbocycles. The first-order valence-corrected chi connectivity index (χ1v) is 11.9. The molecule has 196 valence electrons. The number of nitrogens with two attached hydrogens (primary N) is 1. The summed E-state index contributed by atoms with van der Waals surface area (Å²) in [6.07, 6.45) is 5.00. The number of anilines is 3. The van der Waals surface area contributed by atoms with Crippen LogP contribution >= 0.6 is 0 Å². The summed E-state index contributed by atoms with van der Waals surface area (Å²) >= 11 is 0. The smallest absolute Gasteiger partial charge is 0.408 e. The molecule has 0 saturated heterocycles. The van der Waals surface area contributed by atoms with Crippen LogP contribution in [0, 0.1) is 0 Å². The summed E-state index contributed by atoms with van der Waals surface area (Å²) in [4.78, 5) is 34.6. The fraction of sp³-hybridized carbons (Fsp3) is 0.417. The number of nitrogens with zero attached hydrogens (tertiary/aromatic N) is 5. The largest absolute Gasteiger partial charge is 0.444 e. The van der Waals surface area contributed by atoms with Gasteiger partial charge < -0.3 is 31.5 Å². The highest BCUT2D eigenvalue weighted by Crippen LogP contribution is 2.25. The minimum atomic E-state index is -0.778. The van der Waals surface area contributed by atoms with E-state index in [1.807, 2.05) is 12.1 Å². The molecule has 6 N–H and O–H groups in total. The SMILES string of the molecule is CC(C)(C)OC(=O)N[C@H]1[C@@H](O)CCC[C@H]1Nc1ncc(C(N)=O)c(Nc2cccc(-n3nccn3)c2)n1. The van der Waals surface area contributed by atoms with Crippen LogP contribution in [0.5, 0.6) is 0 Å². The van der Waals surface area contributed by atoms with Crippen molar-refractivity contribution in [3.63, 3.8) is 0 Å². The maximum atomic E-state index is 12.4. The predicted molar refractivity (Wildman–Crippen MR) is 136 cm³/mol. The normalized spacial score (nSPS) is 19.6. The lowest BCUT2D eigenvalue weighted by atomic mass is 9.88. The van der Waals surface area contributed by atoms with Crippen LogP contribution in [0.25, 0.3) is 5.69 Å². The average Bonchev–Trinajstić information content (AvgIpc) is 3.35. The Morgan fingerprint density at radius 3 is 2.65 bits per heavy atom. The van der Waals surface area contributed by atoms with E-state index in [1.54, 1.807) is 45.3 Å². The van der Waals surface area contributed by atoms with Crippen LogP contribution in [0.4, 0.5) is 22.2 Å². The van der Waals surface area contributed by atoms with Gasteiger partial charge in [-0.15, -0.1) is 0 Å². The Labute approximate surface area is 213 Å². The van der Waals surface area contributed by atoms with Gasteiger partial charge in [0.1, 0.15) is 17.0 Å². The third-order valence-electron chi connectivity index (χ3n) is 5.67. The topological polar surface area (TPSA) is 182 Å². The summed E-state index contributed by atoms with van der Waals surface area (Å²) < 4.78 is 5.36. The quantitative estimate of drug-likeness (QED) is 0.316. The summed E-state index contributed by atoms with van der Waals surface area (Å²) in [7, 11) is 0. The summed E-state index contributed by atoms with van der Waals surface area (Å²) in [5.74, 6) is -0.299. The van der Waals surface area contributed by atoms with E-state index in [-0.39, 0.29) is 23.4 Å². The van der Waals surface area contributed by atoms with Gasteiger partial charge in [-0.1, -0.05) is 6.07 Å². The van der Waals surface area contributed by atoms with Crippen LogP contribution in [-0.4, -0.2) is 65.9 Å². The van der Waals surface area contributed by atoms with Crippen molar-refractivity contribution in [2.75, 3.05) is 10.6 Å². The van der Waals surface area contributed by atoms with Crippen LogP contribution < -0.4 is 21.7 Å². The summed E-state index contributed by atoms with van der Waals surface area (Å²) in [5, 5.41) is 27.9. The van der Waals surface area contributed by atoms with Gasteiger partial charge in [-0.25, -0.2) is 9.78 Å². The molecule has 13 nitrogen and oxygen atoms in total. The number of benzene rings is 1. The Morgan fingerprint density at radius 1 is 1.19 bits per heavy atom. The Bertz CT molecular complexity index is 1240. The first kappa shape index (κ1) is 25.8. The lowest BCUT2D eigenvalue weighted by Crippen LogP contribution is -2.56. The van der Waals surface area contributed by atoms with E-state index >= 15 is 0 Å². The molecule has 0 radical (unpaired) electrons. The number of carbonyl (C=O) groups excluding carboxylic acids is 2. The van der Waals surface area contributed by atoms with Crippen molar-refractivity contribution in [2.45, 2.75) is 63.8 Å². The number of carbonyl (C=O) groups is 2. The number of aliphatic hydroxyl groups excluding tert-OH is 1. The lowest BCUT2D eigenvalue weighted by Gasteiger charge is -2.36. The van der Waals surface area contributed by atoms with Crippen LogP contribution in [0.15, 0.2) is 42.9 Å². The molecule has 0 spiro atoms. The van der Waals surface area contributed by atoms with Crippen molar-refractivity contribution in [3.05, 3.63) is 48.4 Å². The number of rotatable bonds is 7. The van der Waals surface area contributed by atoms with E-state index in [2.05, 4.69) is 36.1 Å². The van der Waals surface area contributed by atoms with Crippen molar-refractivity contribution in [3.8, 4) is 5.69 Å². The molecule has 2 heterocycles. The number of ether oxygens (including phenoxy) is 1. The van der Waals surface area contributed by atoms with Crippen molar-refractivity contribution in [1.29, 1.82) is 0 Å². The van der Waals surface area contributed by atoms with E-state index in [1.165, 1.54) is 11.0 Å². The summed E-state index contributed by atoms with van der Waals surface area (Å²) in [5.41, 5.74) is 6.31. The molecule has 37 heavy (non-hydrogen) atoms. The number of hydrogen-bond acceptors (Lipinski definition) is 10. The van der Waals surface area contributed by atoms with E-state index in [4.69, 9.17) is 10.5 Å². The van der Waals surface area contributed by atoms with Crippen LogP contribution in [0.1, 0.15) is 50.4 Å². The maximum Gasteiger partial charge on any atom is 0.408 e. The molecule has 1 fully saturated rings. The molecular formula is C24H31N9O4. The highest BCUT2D eigenvalue weighted by molar-refractivity contribution is 5.98. The standard InChI is InChI=1S/C24H31N9O4/c1-24(2,3)37-23(36)31-19-17(8-5-9-18(19)34)30-22-26-13-16(20(25)35)21(32-22)29-14-6-4-7-15(12-14)33-27-10-11-28-33/h4,6-7,10-13,17-19,34H,5,8-9H2,1-3H3,(H2,25,35)(H,31,36)(H2,26,29,30,32)/t17-,18+,19-/m1/s1. The zero-order valence-corrected chi connectivity index (χ0v) is 20.9. The number of alkyl carbamates (subject to hydrolysis) is 1. The average molecular weight is 510 g/mol. The molecule has 1 aliphatic rings. The number of hydrogen-bond donors (Lipinski definition) is 5. The molecule has 0 bridgehead atoms. The van der Waals surface area contributed by atoms with Crippen LogP contribution in [-0.2, 0) is 4.74 Å². The predicted octanol–water partition coefficient (Wildman–Crippen LogP) is 2.12. The third-order valence-corrected chi connectivity index (χ3v) is 5.67. The molecule has 0 unspecified atom stereocenters. The monoisotopic (exact) mass is 509 g/mol. The maximum absolute atomic E-state index is 12.4. The second-order valence-corrected chi connectivity index (χ2v) is 9.74. The molecule has 0 aliphatic heterocycles. The molecule has 2 aromatic heterocycles. The Balaban J connectivity index is 1.55. The van der Waals surface area contributed by atoms with Gasteiger partial charge in [0.05, 0.1) is 36.3 Å². The molecule has 1 aliphatic carbocycles. The summed E-state index contributed by atoms with van der Waals surface area (Å²) in [6.45, 7) is 5.30. The minimum Gasteiger partial charge on any atom is -0.444 e. The van der Waals surface area contributed by atoms with Gasteiger partial charge in [-0.2, -0.15) is 20.0 Å². The van der Waals surface area contributed by atoms with Gasteiger partial charge in [0.15, 0.2) is 0 Å². The van der Waals surface area contributed by atoms with Gasteiger partial charge in [0.2, 0.25) is 5.95 Å². The van der Waals surface area contributed by atoms with Crippen molar-refractivity contribution in [2.24, 2.45) is 5.73 Å². The summed E-state index contributed by atoms with van der Waals surface area (Å²) in [6, 6.07) is 6.22. The first-order chi connectivity index (χ1) is 17.6. The molecular weight excluding hydrogens is 478 g/mol. The molecule has 13 heteroatoms. The van der Waals surface area contributed by atoms with E-state index in [9.17, 15) is 14.7 Å². The molecule has 3 atom stereocenters. The fourth-order valence-electron chi connectivity index (χ4n) is 4.06. The third kappa shape index (κ3) is 6.70. The second kappa shape index (κ2) is 10.8. The van der Waals surface area contributed by atoms with Gasteiger partial charge in [-0.3, -0.25) is 4.79 Å². The number of nitrogens with one attached hydrogen (secondary N) is 3. The van der Waals surface area contributed by atoms with Crippen molar-refractivity contribution in [1.82, 2.24) is 30.3 Å². The Hall–Kier alpha value is -4.26.